The van der Waals surface area contributed by atoms with E-state index in [4.69, 9.17) is 16.3 Å². The van der Waals surface area contributed by atoms with Crippen LogP contribution in [-0.2, 0) is 11.3 Å². The molecule has 7 heteroatoms. The monoisotopic (exact) mass is 364 g/mol. The topological polar surface area (TPSA) is 57.2 Å². The van der Waals surface area contributed by atoms with E-state index in [1.54, 1.807) is 4.90 Å². The van der Waals surface area contributed by atoms with Crippen molar-refractivity contribution >= 4 is 23.7 Å². The summed E-state index contributed by atoms with van der Waals surface area (Å²) in [6.45, 7) is 9.11. The summed E-state index contributed by atoms with van der Waals surface area (Å²) < 4.78 is 5.47. The lowest BCUT2D eigenvalue weighted by Gasteiger charge is -2.39. The van der Waals surface area contributed by atoms with E-state index in [9.17, 15) is 4.79 Å². The number of nitrogens with zero attached hydrogens (tertiary/aromatic N) is 3. The fourth-order valence-corrected chi connectivity index (χ4v) is 3.13. The van der Waals surface area contributed by atoms with E-state index < -0.39 is 5.60 Å². The molecule has 0 saturated carbocycles. The van der Waals surface area contributed by atoms with E-state index in [1.165, 1.54) is 0 Å². The molecule has 1 saturated heterocycles. The SMILES string of the molecule is CC(C)(C)OC(=O)N1CCN2C(NCc3ccc(Cl)cc3)=NCC2C1. The van der Waals surface area contributed by atoms with Crippen LogP contribution in [-0.4, -0.2) is 59.7 Å². The maximum atomic E-state index is 12.2. The molecule has 0 radical (unpaired) electrons. The van der Waals surface area contributed by atoms with Crippen molar-refractivity contribution in [2.24, 2.45) is 4.99 Å². The normalized spacial score (nSPS) is 20.2. The van der Waals surface area contributed by atoms with Crippen LogP contribution in [0.4, 0.5) is 4.79 Å². The Labute approximate surface area is 153 Å². The van der Waals surface area contributed by atoms with Crippen LogP contribution < -0.4 is 5.32 Å². The molecule has 1 fully saturated rings. The number of rotatable bonds is 2. The summed E-state index contributed by atoms with van der Waals surface area (Å²) in [5, 5.41) is 4.13. The summed E-state index contributed by atoms with van der Waals surface area (Å²) in [7, 11) is 0. The van der Waals surface area contributed by atoms with Gasteiger partial charge in [-0.1, -0.05) is 23.7 Å². The Morgan fingerprint density at radius 2 is 2.04 bits per heavy atom. The van der Waals surface area contributed by atoms with Crippen LogP contribution in [0.1, 0.15) is 26.3 Å². The van der Waals surface area contributed by atoms with Crippen molar-refractivity contribution in [1.29, 1.82) is 0 Å². The van der Waals surface area contributed by atoms with Gasteiger partial charge in [0.15, 0.2) is 5.96 Å². The molecule has 0 aromatic heterocycles. The van der Waals surface area contributed by atoms with Crippen LogP contribution in [0.25, 0.3) is 0 Å². The average Bonchev–Trinajstić information content (AvgIpc) is 2.95. The highest BCUT2D eigenvalue weighted by atomic mass is 35.5. The molecule has 25 heavy (non-hydrogen) atoms. The number of aliphatic imine (C=N–C) groups is 1. The highest BCUT2D eigenvalue weighted by molar-refractivity contribution is 6.30. The Hall–Kier alpha value is -1.95. The highest BCUT2D eigenvalue weighted by Crippen LogP contribution is 2.19. The third-order valence-corrected chi connectivity index (χ3v) is 4.47. The first-order valence-corrected chi connectivity index (χ1v) is 8.97. The number of nitrogens with one attached hydrogen (secondary N) is 1. The number of piperazine rings is 1. The first-order chi connectivity index (χ1) is 11.8. The lowest BCUT2D eigenvalue weighted by Crippen LogP contribution is -2.57. The summed E-state index contributed by atoms with van der Waals surface area (Å²) >= 11 is 5.91. The average molecular weight is 365 g/mol. The fraction of sp³-hybridized carbons (Fsp3) is 0.556. The summed E-state index contributed by atoms with van der Waals surface area (Å²) in [5.74, 6) is 0.906. The Balaban J connectivity index is 1.52. The molecule has 1 aromatic rings. The lowest BCUT2D eigenvalue weighted by atomic mass is 10.2. The third kappa shape index (κ3) is 4.57. The molecule has 1 atom stereocenters. The standard InChI is InChI=1S/C18H25ClN4O2/c1-18(2,3)25-17(24)22-8-9-23-15(12-22)11-21-16(23)20-10-13-4-6-14(19)7-5-13/h4-7,15H,8-12H2,1-3H3,(H,20,21). The van der Waals surface area contributed by atoms with Crippen molar-refractivity contribution in [2.75, 3.05) is 26.2 Å². The third-order valence-electron chi connectivity index (χ3n) is 4.22. The first kappa shape index (κ1) is 17.9. The number of ether oxygens (including phenoxy) is 1. The number of benzene rings is 1. The molecule has 3 rings (SSSR count). The van der Waals surface area contributed by atoms with E-state index in [-0.39, 0.29) is 12.1 Å². The number of fused-ring (bicyclic) bond motifs is 1. The molecular formula is C18H25ClN4O2. The molecular weight excluding hydrogens is 340 g/mol. The van der Waals surface area contributed by atoms with E-state index in [0.717, 1.165) is 23.1 Å². The second kappa shape index (κ2) is 7.12. The molecule has 2 aliphatic heterocycles. The van der Waals surface area contributed by atoms with Gasteiger partial charge in [0.25, 0.3) is 0 Å². The highest BCUT2D eigenvalue weighted by Gasteiger charge is 2.36. The molecule has 0 aliphatic carbocycles. The first-order valence-electron chi connectivity index (χ1n) is 8.59. The van der Waals surface area contributed by atoms with E-state index >= 15 is 0 Å². The maximum absolute atomic E-state index is 12.2. The van der Waals surface area contributed by atoms with Gasteiger partial charge in [0.05, 0.1) is 12.6 Å². The largest absolute Gasteiger partial charge is 0.444 e. The van der Waals surface area contributed by atoms with Gasteiger partial charge in [-0.05, 0) is 38.5 Å². The quantitative estimate of drug-likeness (QED) is 0.876. The number of guanidine groups is 1. The number of hydrogen-bond donors (Lipinski definition) is 1. The molecule has 1 aromatic carbocycles. The molecule has 1 N–H and O–H groups in total. The van der Waals surface area contributed by atoms with Gasteiger partial charge in [0.2, 0.25) is 0 Å². The van der Waals surface area contributed by atoms with Crippen molar-refractivity contribution < 1.29 is 9.53 Å². The van der Waals surface area contributed by atoms with Crippen molar-refractivity contribution in [3.05, 3.63) is 34.9 Å². The van der Waals surface area contributed by atoms with Crippen molar-refractivity contribution in [3.8, 4) is 0 Å². The van der Waals surface area contributed by atoms with E-state index in [0.29, 0.717) is 26.2 Å². The Bertz CT molecular complexity index is 654. The van der Waals surface area contributed by atoms with Crippen molar-refractivity contribution in [3.63, 3.8) is 0 Å². The Morgan fingerprint density at radius 1 is 1.32 bits per heavy atom. The van der Waals surface area contributed by atoms with Crippen LogP contribution >= 0.6 is 11.6 Å². The van der Waals surface area contributed by atoms with Gasteiger partial charge in [0, 0.05) is 31.2 Å². The number of carbonyl (C=O) groups is 1. The number of halogens is 1. The molecule has 136 valence electrons. The zero-order chi connectivity index (χ0) is 18.0. The minimum absolute atomic E-state index is 0.217. The second-order valence-corrected chi connectivity index (χ2v) is 7.85. The second-order valence-electron chi connectivity index (χ2n) is 7.42. The molecule has 0 bridgehead atoms. The molecule has 0 spiro atoms. The van der Waals surface area contributed by atoms with Gasteiger partial charge < -0.3 is 19.9 Å². The van der Waals surface area contributed by atoms with Gasteiger partial charge in [-0.25, -0.2) is 4.79 Å². The van der Waals surface area contributed by atoms with Crippen LogP contribution in [0.15, 0.2) is 29.3 Å². The van der Waals surface area contributed by atoms with Crippen molar-refractivity contribution in [2.45, 2.75) is 39.0 Å². The summed E-state index contributed by atoms with van der Waals surface area (Å²) in [5.41, 5.74) is 0.689. The lowest BCUT2D eigenvalue weighted by molar-refractivity contribution is 0.0137. The predicted octanol–water partition coefficient (Wildman–Crippen LogP) is 2.72. The Morgan fingerprint density at radius 3 is 2.72 bits per heavy atom. The zero-order valence-corrected chi connectivity index (χ0v) is 15.7. The van der Waals surface area contributed by atoms with Crippen LogP contribution in [0.5, 0.6) is 0 Å². The maximum Gasteiger partial charge on any atom is 0.410 e. The van der Waals surface area contributed by atoms with Gasteiger partial charge in [-0.3, -0.25) is 4.99 Å². The smallest absolute Gasteiger partial charge is 0.410 e. The van der Waals surface area contributed by atoms with Crippen LogP contribution in [0, 0.1) is 0 Å². The van der Waals surface area contributed by atoms with E-state index in [1.807, 2.05) is 45.0 Å². The number of carbonyl (C=O) groups excluding carboxylic acids is 1. The fourth-order valence-electron chi connectivity index (χ4n) is 3.01. The Kier molecular flexibility index (Phi) is 5.08. The van der Waals surface area contributed by atoms with Gasteiger partial charge in [0.1, 0.15) is 5.60 Å². The van der Waals surface area contributed by atoms with Crippen LogP contribution in [0.3, 0.4) is 0 Å². The van der Waals surface area contributed by atoms with Gasteiger partial charge in [-0.2, -0.15) is 0 Å². The van der Waals surface area contributed by atoms with Crippen molar-refractivity contribution in [1.82, 2.24) is 15.1 Å². The van der Waals surface area contributed by atoms with Gasteiger partial charge in [-0.15, -0.1) is 0 Å². The minimum Gasteiger partial charge on any atom is -0.444 e. The summed E-state index contributed by atoms with van der Waals surface area (Å²) in [6.07, 6.45) is -0.241. The van der Waals surface area contributed by atoms with Crippen LogP contribution in [0.2, 0.25) is 5.02 Å². The molecule has 6 nitrogen and oxygen atoms in total. The zero-order valence-electron chi connectivity index (χ0n) is 15.0. The molecule has 2 aliphatic rings. The molecule has 1 unspecified atom stereocenters. The number of amides is 1. The predicted molar refractivity (Wildman–Crippen MR) is 98.9 cm³/mol. The molecule has 1 amide bonds. The molecule has 2 heterocycles. The number of hydrogen-bond acceptors (Lipinski definition) is 5. The minimum atomic E-state index is -0.467. The summed E-state index contributed by atoms with van der Waals surface area (Å²) in [4.78, 5) is 20.9. The van der Waals surface area contributed by atoms with Gasteiger partial charge >= 0.3 is 6.09 Å². The summed E-state index contributed by atoms with van der Waals surface area (Å²) in [6, 6.07) is 7.99. The van der Waals surface area contributed by atoms with E-state index in [2.05, 4.69) is 15.2 Å².